The van der Waals surface area contributed by atoms with Crippen LogP contribution in [-0.2, 0) is 0 Å². The van der Waals surface area contributed by atoms with Gasteiger partial charge in [0.25, 0.3) is 0 Å². The molecule has 16 rings (SSSR count). The van der Waals surface area contributed by atoms with Gasteiger partial charge in [-0.1, -0.05) is 212 Å². The maximum Gasteiger partial charge on any atom is 0.220 e. The lowest BCUT2D eigenvalue weighted by atomic mass is 9.87. The van der Waals surface area contributed by atoms with Gasteiger partial charge in [0.15, 0.2) is 0 Å². The predicted molar refractivity (Wildman–Crippen MR) is 339 cm³/mol. The third-order valence-corrected chi connectivity index (χ3v) is 18.6. The van der Waals surface area contributed by atoms with Crippen LogP contribution in [0.5, 0.6) is 0 Å². The third-order valence-electron chi connectivity index (χ3n) is 16.2. The Morgan fingerprint density at radius 1 is 0.338 bits per heavy atom. The number of nitriles is 1. The molecular formula is C74H42N4S2. The average Bonchev–Trinajstić information content (AvgIpc) is 4.46. The largest absolute Gasteiger partial charge is 0.318 e. The van der Waals surface area contributed by atoms with Gasteiger partial charge in [-0.25, -0.2) is 4.85 Å². The summed E-state index contributed by atoms with van der Waals surface area (Å²) >= 11 is 3.60. The zero-order valence-electron chi connectivity index (χ0n) is 42.9. The van der Waals surface area contributed by atoms with Crippen molar-refractivity contribution in [1.82, 2.24) is 9.13 Å². The van der Waals surface area contributed by atoms with Gasteiger partial charge < -0.3 is 9.13 Å². The zero-order chi connectivity index (χ0) is 53.0. The highest BCUT2D eigenvalue weighted by atomic mass is 32.1. The van der Waals surface area contributed by atoms with Crippen molar-refractivity contribution in [2.75, 3.05) is 0 Å². The highest BCUT2D eigenvalue weighted by molar-refractivity contribution is 7.27. The number of aromatic nitrogens is 2. The van der Waals surface area contributed by atoms with E-state index in [1.165, 1.54) is 25.7 Å². The monoisotopic (exact) mass is 1050 g/mol. The second-order valence-electron chi connectivity index (χ2n) is 20.4. The Balaban J connectivity index is 1.18. The number of benzene rings is 12. The van der Waals surface area contributed by atoms with Gasteiger partial charge in [0.05, 0.1) is 55.0 Å². The summed E-state index contributed by atoms with van der Waals surface area (Å²) in [4.78, 5) is 4.70. The van der Waals surface area contributed by atoms with Crippen LogP contribution in [-0.4, -0.2) is 9.13 Å². The highest BCUT2D eigenvalue weighted by Crippen LogP contribution is 2.55. The first-order chi connectivity index (χ1) is 39.6. The van der Waals surface area contributed by atoms with Crippen LogP contribution < -0.4 is 0 Å². The molecule has 0 N–H and O–H groups in total. The molecule has 6 heteroatoms. The molecule has 0 spiro atoms. The summed E-state index contributed by atoms with van der Waals surface area (Å²) in [6.07, 6.45) is 0. The minimum Gasteiger partial charge on any atom is -0.318 e. The number of rotatable bonds is 7. The SMILES string of the molecule is [C-]#[N+]c1c(-c2cccc(-c3ccccc3)c2)c(C#N)c(-n2c3c(ccc4c5ccccc5sc43)c3ccc4c5cc(-c6ccccc6)ccc5sc4c32)c(-c2cccc(-c3ccccc3)c2)c1-n1c2ccccc2c2ccccc21. The van der Waals surface area contributed by atoms with Gasteiger partial charge in [-0.3, -0.25) is 0 Å². The van der Waals surface area contributed by atoms with E-state index in [4.69, 9.17) is 4.85 Å². The van der Waals surface area contributed by atoms with E-state index in [2.05, 4.69) is 258 Å². The minimum atomic E-state index is 0.398. The first-order valence-corrected chi connectivity index (χ1v) is 28.4. The van der Waals surface area contributed by atoms with Crippen LogP contribution in [0, 0.1) is 17.9 Å². The molecule has 0 bridgehead atoms. The fourth-order valence-electron chi connectivity index (χ4n) is 12.7. The molecule has 16 aromatic rings. The van der Waals surface area contributed by atoms with E-state index < -0.39 is 0 Å². The van der Waals surface area contributed by atoms with Gasteiger partial charge in [0, 0.05) is 63.6 Å². The van der Waals surface area contributed by atoms with Crippen LogP contribution in [0.25, 0.3) is 156 Å². The van der Waals surface area contributed by atoms with E-state index in [1.807, 2.05) is 12.1 Å². The molecule has 0 aliphatic carbocycles. The summed E-state index contributed by atoms with van der Waals surface area (Å²) in [6, 6.07) is 93.4. The molecule has 370 valence electrons. The number of thiophene rings is 2. The quantitative estimate of drug-likeness (QED) is 0.147. The van der Waals surface area contributed by atoms with E-state index in [-0.39, 0.29) is 0 Å². The molecule has 4 aromatic heterocycles. The number of fused-ring (bicyclic) bond motifs is 14. The van der Waals surface area contributed by atoms with Gasteiger partial charge in [-0.2, -0.15) is 5.26 Å². The minimum absolute atomic E-state index is 0.398. The van der Waals surface area contributed by atoms with Crippen molar-refractivity contribution in [3.8, 4) is 73.1 Å². The number of hydrogen-bond donors (Lipinski definition) is 0. The van der Waals surface area contributed by atoms with Crippen molar-refractivity contribution in [3.63, 3.8) is 0 Å². The Morgan fingerprint density at radius 2 is 0.775 bits per heavy atom. The summed E-state index contributed by atoms with van der Waals surface area (Å²) in [5.74, 6) is 0. The number of nitrogens with zero attached hydrogens (tertiary/aromatic N) is 4. The molecule has 0 aliphatic heterocycles. The second kappa shape index (κ2) is 18.1. The van der Waals surface area contributed by atoms with Crippen LogP contribution in [0.2, 0.25) is 0 Å². The molecular weight excluding hydrogens is 1010 g/mol. The van der Waals surface area contributed by atoms with Gasteiger partial charge >= 0.3 is 0 Å². The van der Waals surface area contributed by atoms with Gasteiger partial charge in [-0.05, 0) is 87.0 Å². The first kappa shape index (κ1) is 45.8. The van der Waals surface area contributed by atoms with Crippen molar-refractivity contribution in [3.05, 3.63) is 272 Å². The average molecular weight is 1050 g/mol. The molecule has 4 nitrogen and oxygen atoms in total. The first-order valence-electron chi connectivity index (χ1n) is 26.7. The van der Waals surface area contributed by atoms with Crippen molar-refractivity contribution in [2.45, 2.75) is 0 Å². The molecule has 0 radical (unpaired) electrons. The molecule has 0 atom stereocenters. The summed E-state index contributed by atoms with van der Waals surface area (Å²) in [5.41, 5.74) is 15.8. The van der Waals surface area contributed by atoms with Gasteiger partial charge in [-0.15, -0.1) is 22.7 Å². The Morgan fingerprint density at radius 3 is 1.32 bits per heavy atom. The smallest absolute Gasteiger partial charge is 0.220 e. The summed E-state index contributed by atoms with van der Waals surface area (Å²) in [7, 11) is 0. The molecule has 0 saturated carbocycles. The van der Waals surface area contributed by atoms with Crippen LogP contribution in [0.1, 0.15) is 5.56 Å². The molecule has 0 amide bonds. The van der Waals surface area contributed by atoms with Crippen molar-refractivity contribution < 1.29 is 0 Å². The van der Waals surface area contributed by atoms with E-state index >= 15 is 0 Å². The van der Waals surface area contributed by atoms with E-state index in [9.17, 15) is 11.8 Å². The normalized spacial score (nSPS) is 11.7. The van der Waals surface area contributed by atoms with Crippen molar-refractivity contribution in [2.24, 2.45) is 0 Å². The topological polar surface area (TPSA) is 38.0 Å². The number of hydrogen-bond acceptors (Lipinski definition) is 3. The lowest BCUT2D eigenvalue weighted by Crippen LogP contribution is -2.09. The Labute approximate surface area is 468 Å². The maximum absolute atomic E-state index is 12.6. The van der Waals surface area contributed by atoms with Crippen molar-refractivity contribution >= 4 is 112 Å². The lowest BCUT2D eigenvalue weighted by Gasteiger charge is -2.26. The van der Waals surface area contributed by atoms with E-state index in [1.54, 1.807) is 22.7 Å². The van der Waals surface area contributed by atoms with Crippen molar-refractivity contribution in [1.29, 1.82) is 5.26 Å². The summed E-state index contributed by atoms with van der Waals surface area (Å²) in [6.45, 7) is 9.64. The molecule has 0 fully saturated rings. The standard InChI is InChI=1S/C74H42N4S2/c1-76-68-66(51-27-17-25-48(41-51)45-19-5-2-6-20-45)61(44-75)69(67(52-28-18-26-49(42-52)46-21-7-3-8-22-46)72(68)77-62-32-14-11-29-53(62)54-30-12-15-33-63(54)77)78-70-56(36-38-58-55-31-13-16-34-64(55)79-73(58)70)57-37-39-59-60-43-50(47-23-9-4-10-24-47)35-40-65(60)80-74(59)71(57)78/h2-43H. The number of para-hydroxylation sites is 2. The molecule has 12 aromatic carbocycles. The Bertz CT molecular complexity index is 5260. The fraction of sp³-hybridized carbons (Fsp3) is 0. The van der Waals surface area contributed by atoms with Crippen LogP contribution in [0.3, 0.4) is 0 Å². The van der Waals surface area contributed by atoms with E-state index in [0.717, 1.165) is 114 Å². The van der Waals surface area contributed by atoms with Crippen LogP contribution in [0.4, 0.5) is 5.69 Å². The Hall–Kier alpha value is -10.3. The second-order valence-corrected chi connectivity index (χ2v) is 22.6. The summed E-state index contributed by atoms with van der Waals surface area (Å²) < 4.78 is 9.42. The highest BCUT2D eigenvalue weighted by Gasteiger charge is 2.33. The zero-order valence-corrected chi connectivity index (χ0v) is 44.5. The fourth-order valence-corrected chi connectivity index (χ4v) is 15.1. The van der Waals surface area contributed by atoms with Gasteiger partial charge in [0.1, 0.15) is 6.07 Å². The maximum atomic E-state index is 12.6. The third kappa shape index (κ3) is 6.84. The van der Waals surface area contributed by atoms with Crippen LogP contribution >= 0.6 is 22.7 Å². The van der Waals surface area contributed by atoms with Crippen LogP contribution in [0.15, 0.2) is 255 Å². The molecule has 0 saturated heterocycles. The van der Waals surface area contributed by atoms with E-state index in [0.29, 0.717) is 22.5 Å². The molecule has 4 heterocycles. The van der Waals surface area contributed by atoms with Gasteiger partial charge in [0.2, 0.25) is 5.69 Å². The Kier molecular flexibility index (Phi) is 10.4. The molecule has 80 heavy (non-hydrogen) atoms. The molecule has 0 unspecified atom stereocenters. The molecule has 0 aliphatic rings. The lowest BCUT2D eigenvalue weighted by molar-refractivity contribution is 1.14. The predicted octanol–water partition coefficient (Wildman–Crippen LogP) is 21.4. The summed E-state index contributed by atoms with van der Waals surface area (Å²) in [5, 5.41) is 21.6.